The highest BCUT2D eigenvalue weighted by molar-refractivity contribution is 7.71. The summed E-state index contributed by atoms with van der Waals surface area (Å²) in [6.07, 6.45) is 1.10. The number of halogens is 2. The lowest BCUT2D eigenvalue weighted by molar-refractivity contribution is 0.0697. The first-order valence-corrected chi connectivity index (χ1v) is 8.89. The Balaban J connectivity index is 2.14. The van der Waals surface area contributed by atoms with Crippen LogP contribution in [0.15, 0.2) is 46.2 Å². The molecule has 3 rings (SSSR count). The second-order valence-electron chi connectivity index (χ2n) is 5.99. The number of carboxylic acid groups (broad SMARTS) is 1. The van der Waals surface area contributed by atoms with Gasteiger partial charge in [0, 0.05) is 6.21 Å². The largest absolute Gasteiger partial charge is 0.494 e. The molecule has 0 amide bonds. The quantitative estimate of drug-likeness (QED) is 0.423. The summed E-state index contributed by atoms with van der Waals surface area (Å²) < 4.78 is 14.4. The second-order valence-corrected chi connectivity index (χ2v) is 6.79. The number of benzene rings is 2. The van der Waals surface area contributed by atoms with Crippen LogP contribution < -0.4 is 5.56 Å². The van der Waals surface area contributed by atoms with Crippen molar-refractivity contribution in [1.29, 1.82) is 0 Å². The standard InChI is InChI=1S/C19H13ClFN3O4S/c1-9-2-3-10(18(27)28)6-15(9)22-8-12-16(25)23-19(29)24(17(12)26)11-4-5-14(21)13(20)7-11/h2-8,26H,1H3,(H,27,28)(H,23,25,29). The lowest BCUT2D eigenvalue weighted by Gasteiger charge is -2.11. The van der Waals surface area contributed by atoms with Crippen LogP contribution in [0.5, 0.6) is 5.88 Å². The van der Waals surface area contributed by atoms with Gasteiger partial charge in [0.25, 0.3) is 5.56 Å². The maximum Gasteiger partial charge on any atom is 0.335 e. The zero-order valence-corrected chi connectivity index (χ0v) is 16.4. The molecule has 0 saturated heterocycles. The van der Waals surface area contributed by atoms with Crippen LogP contribution in [-0.2, 0) is 0 Å². The van der Waals surface area contributed by atoms with Gasteiger partial charge in [-0.15, -0.1) is 0 Å². The van der Waals surface area contributed by atoms with Crippen molar-refractivity contribution in [3.63, 3.8) is 0 Å². The number of aromatic carboxylic acids is 1. The van der Waals surface area contributed by atoms with Crippen molar-refractivity contribution in [2.45, 2.75) is 6.92 Å². The van der Waals surface area contributed by atoms with Crippen LogP contribution in [0.2, 0.25) is 5.02 Å². The first-order chi connectivity index (χ1) is 13.7. The highest BCUT2D eigenvalue weighted by Gasteiger charge is 2.14. The third kappa shape index (κ3) is 4.10. The number of aromatic amines is 1. The molecule has 1 heterocycles. The van der Waals surface area contributed by atoms with Crippen molar-refractivity contribution in [3.05, 3.63) is 79.1 Å². The van der Waals surface area contributed by atoms with Crippen LogP contribution in [0.3, 0.4) is 0 Å². The van der Waals surface area contributed by atoms with Gasteiger partial charge in [-0.1, -0.05) is 17.7 Å². The second kappa shape index (κ2) is 7.98. The summed E-state index contributed by atoms with van der Waals surface area (Å²) >= 11 is 10.9. The summed E-state index contributed by atoms with van der Waals surface area (Å²) in [6.45, 7) is 1.72. The van der Waals surface area contributed by atoms with Crippen LogP contribution in [0.4, 0.5) is 10.1 Å². The van der Waals surface area contributed by atoms with Gasteiger partial charge >= 0.3 is 5.97 Å². The highest BCUT2D eigenvalue weighted by Crippen LogP contribution is 2.24. The molecule has 0 radical (unpaired) electrons. The monoisotopic (exact) mass is 433 g/mol. The molecule has 0 aliphatic rings. The van der Waals surface area contributed by atoms with E-state index in [1.54, 1.807) is 13.0 Å². The molecular formula is C19H13ClFN3O4S. The maximum atomic E-state index is 13.4. The summed E-state index contributed by atoms with van der Waals surface area (Å²) in [7, 11) is 0. The fourth-order valence-electron chi connectivity index (χ4n) is 2.53. The smallest absolute Gasteiger partial charge is 0.335 e. The van der Waals surface area contributed by atoms with Gasteiger partial charge in [-0.3, -0.25) is 19.3 Å². The number of aryl methyl sites for hydroxylation is 1. The first-order valence-electron chi connectivity index (χ1n) is 8.10. The Labute approximate surface area is 173 Å². The van der Waals surface area contributed by atoms with E-state index in [1.165, 1.54) is 24.3 Å². The highest BCUT2D eigenvalue weighted by atomic mass is 35.5. The van der Waals surface area contributed by atoms with E-state index in [-0.39, 0.29) is 26.6 Å². The predicted octanol–water partition coefficient (Wildman–Crippen LogP) is 4.15. The number of hydrogen-bond donors (Lipinski definition) is 3. The van der Waals surface area contributed by atoms with Crippen LogP contribution >= 0.6 is 23.8 Å². The molecule has 0 aliphatic carbocycles. The van der Waals surface area contributed by atoms with E-state index in [1.807, 2.05) is 0 Å². The summed E-state index contributed by atoms with van der Waals surface area (Å²) in [5.41, 5.74) is 0.307. The molecule has 0 bridgehead atoms. The molecule has 0 saturated carbocycles. The van der Waals surface area contributed by atoms with Crippen LogP contribution in [-0.4, -0.2) is 31.9 Å². The van der Waals surface area contributed by atoms with Crippen LogP contribution in [0.25, 0.3) is 5.69 Å². The zero-order valence-electron chi connectivity index (χ0n) is 14.8. The third-order valence-corrected chi connectivity index (χ3v) is 4.65. The molecular weight excluding hydrogens is 421 g/mol. The molecule has 1 aromatic heterocycles. The normalized spacial score (nSPS) is 11.1. The van der Waals surface area contributed by atoms with Gasteiger partial charge < -0.3 is 10.2 Å². The number of nitrogens with one attached hydrogen (secondary N) is 1. The van der Waals surface area contributed by atoms with Crippen molar-refractivity contribution in [2.75, 3.05) is 0 Å². The van der Waals surface area contributed by atoms with Crippen molar-refractivity contribution < 1.29 is 19.4 Å². The molecule has 2 aromatic carbocycles. The fourth-order valence-corrected chi connectivity index (χ4v) is 2.99. The van der Waals surface area contributed by atoms with E-state index in [9.17, 15) is 19.1 Å². The maximum absolute atomic E-state index is 13.4. The van der Waals surface area contributed by atoms with Gasteiger partial charge in [0.15, 0.2) is 4.77 Å². The fraction of sp³-hybridized carbons (Fsp3) is 0.0526. The molecule has 148 valence electrons. The number of carboxylic acids is 1. The molecule has 0 fully saturated rings. The van der Waals surface area contributed by atoms with Gasteiger partial charge in [0.1, 0.15) is 11.4 Å². The summed E-state index contributed by atoms with van der Waals surface area (Å²) in [4.78, 5) is 30.0. The number of nitrogens with zero attached hydrogens (tertiary/aromatic N) is 2. The van der Waals surface area contributed by atoms with E-state index < -0.39 is 23.2 Å². The minimum absolute atomic E-state index is 0.0257. The molecule has 0 atom stereocenters. The topological polar surface area (TPSA) is 108 Å². The lowest BCUT2D eigenvalue weighted by atomic mass is 10.1. The van der Waals surface area contributed by atoms with E-state index in [2.05, 4.69) is 9.98 Å². The number of hydrogen-bond acceptors (Lipinski definition) is 5. The van der Waals surface area contributed by atoms with Crippen LogP contribution in [0.1, 0.15) is 21.5 Å². The Morgan fingerprint density at radius 1 is 1.31 bits per heavy atom. The van der Waals surface area contributed by atoms with E-state index in [0.29, 0.717) is 11.3 Å². The van der Waals surface area contributed by atoms with Crippen molar-refractivity contribution in [3.8, 4) is 11.6 Å². The molecule has 0 unspecified atom stereocenters. The van der Waals surface area contributed by atoms with Crippen molar-refractivity contribution in [2.24, 2.45) is 4.99 Å². The zero-order chi connectivity index (χ0) is 21.3. The lowest BCUT2D eigenvalue weighted by Crippen LogP contribution is -2.18. The van der Waals surface area contributed by atoms with E-state index in [0.717, 1.165) is 16.8 Å². The van der Waals surface area contributed by atoms with Crippen LogP contribution in [0, 0.1) is 17.5 Å². The van der Waals surface area contributed by atoms with Gasteiger partial charge in [0.05, 0.1) is 22.0 Å². The third-order valence-electron chi connectivity index (χ3n) is 4.07. The molecule has 0 spiro atoms. The minimum atomic E-state index is -1.12. The Morgan fingerprint density at radius 3 is 2.69 bits per heavy atom. The molecule has 0 aliphatic heterocycles. The molecule has 29 heavy (non-hydrogen) atoms. The summed E-state index contributed by atoms with van der Waals surface area (Å²) in [6, 6.07) is 8.02. The number of aromatic nitrogens is 2. The average molecular weight is 434 g/mol. The number of carbonyl (C=O) groups is 1. The molecule has 10 heteroatoms. The molecule has 3 aromatic rings. The Morgan fingerprint density at radius 2 is 2.03 bits per heavy atom. The van der Waals surface area contributed by atoms with E-state index in [4.69, 9.17) is 28.9 Å². The number of rotatable bonds is 4. The number of H-pyrrole nitrogens is 1. The SMILES string of the molecule is Cc1ccc(C(=O)O)cc1N=Cc1c(O)n(-c2ccc(F)c(Cl)c2)c(=S)[nH]c1=O. The van der Waals surface area contributed by atoms with Crippen molar-refractivity contribution >= 4 is 41.7 Å². The number of aliphatic imine (C=N–C) groups is 1. The molecule has 7 nitrogen and oxygen atoms in total. The van der Waals surface area contributed by atoms with Crippen molar-refractivity contribution in [1.82, 2.24) is 9.55 Å². The Kier molecular flexibility index (Phi) is 5.62. The van der Waals surface area contributed by atoms with Gasteiger partial charge in [-0.25, -0.2) is 9.18 Å². The summed E-state index contributed by atoms with van der Waals surface area (Å²) in [5, 5.41) is 19.5. The molecule has 3 N–H and O–H groups in total. The average Bonchev–Trinajstić information content (AvgIpc) is 2.65. The van der Waals surface area contributed by atoms with Gasteiger partial charge in [-0.2, -0.15) is 0 Å². The van der Waals surface area contributed by atoms with Gasteiger partial charge in [-0.05, 0) is 55.0 Å². The first kappa shape index (κ1) is 20.4. The minimum Gasteiger partial charge on any atom is -0.494 e. The van der Waals surface area contributed by atoms with Gasteiger partial charge in [0.2, 0.25) is 5.88 Å². The number of aromatic hydroxyl groups is 1. The Hall–Kier alpha value is -3.30. The Bertz CT molecular complexity index is 1280. The summed E-state index contributed by atoms with van der Waals surface area (Å²) in [5.74, 6) is -2.30. The van der Waals surface area contributed by atoms with E-state index >= 15 is 0 Å². The predicted molar refractivity (Wildman–Crippen MR) is 109 cm³/mol.